The monoisotopic (exact) mass is 237 g/mol. The molecule has 0 bridgehead atoms. The molecule has 0 atom stereocenters. The van der Waals surface area contributed by atoms with Crippen molar-refractivity contribution in [3.05, 3.63) is 29.3 Å². The number of nitrogens with two attached hydrogens (primary N) is 1. The highest BCUT2D eigenvalue weighted by molar-refractivity contribution is 5.97. The molecule has 1 aromatic rings. The molecule has 5 nitrogen and oxygen atoms in total. The summed E-state index contributed by atoms with van der Waals surface area (Å²) in [5.74, 6) is 0.925. The van der Waals surface area contributed by atoms with Crippen molar-refractivity contribution >= 4 is 5.84 Å². The Morgan fingerprint density at radius 2 is 2.18 bits per heavy atom. The lowest BCUT2D eigenvalue weighted by Crippen LogP contribution is -2.19. The lowest BCUT2D eigenvalue weighted by Gasteiger charge is -2.13. The fraction of sp³-hybridized carbons (Fsp3) is 0.417. The van der Waals surface area contributed by atoms with Crippen molar-refractivity contribution in [1.29, 1.82) is 0 Å². The summed E-state index contributed by atoms with van der Waals surface area (Å²) in [6, 6.07) is 5.44. The standard InChI is InChI=1S/C12H19N3O2/c1-9-8-10(12(13)14-16)4-5-11(9)17-7-6-15(2)3/h4-5,8,16H,6-7H2,1-3H3,(H2,13,14). The Bertz CT molecular complexity index is 403. The van der Waals surface area contributed by atoms with Crippen LogP contribution in [0.15, 0.2) is 23.4 Å². The Kier molecular flexibility index (Phi) is 4.78. The van der Waals surface area contributed by atoms with E-state index in [4.69, 9.17) is 15.7 Å². The van der Waals surface area contributed by atoms with Gasteiger partial charge >= 0.3 is 0 Å². The van der Waals surface area contributed by atoms with Gasteiger partial charge in [-0.05, 0) is 44.8 Å². The van der Waals surface area contributed by atoms with E-state index in [1.807, 2.05) is 33.2 Å². The van der Waals surface area contributed by atoms with Gasteiger partial charge in [-0.1, -0.05) is 5.16 Å². The number of nitrogens with zero attached hydrogens (tertiary/aromatic N) is 2. The van der Waals surface area contributed by atoms with Gasteiger partial charge in [0.15, 0.2) is 5.84 Å². The SMILES string of the molecule is Cc1cc(/C(N)=N/O)ccc1OCCN(C)C. The Labute approximate surface area is 101 Å². The van der Waals surface area contributed by atoms with Crippen molar-refractivity contribution in [2.75, 3.05) is 27.2 Å². The Hall–Kier alpha value is -1.75. The number of rotatable bonds is 5. The highest BCUT2D eigenvalue weighted by atomic mass is 16.5. The predicted molar refractivity (Wildman–Crippen MR) is 67.7 cm³/mol. The molecule has 94 valence electrons. The average molecular weight is 237 g/mol. The number of oxime groups is 1. The van der Waals surface area contributed by atoms with Crippen LogP contribution in [0.4, 0.5) is 0 Å². The fourth-order valence-electron chi connectivity index (χ4n) is 1.37. The van der Waals surface area contributed by atoms with Gasteiger partial charge in [-0.2, -0.15) is 0 Å². The number of likely N-dealkylation sites (N-methyl/N-ethyl adjacent to an activating group) is 1. The molecule has 0 amide bonds. The summed E-state index contributed by atoms with van der Waals surface area (Å²) in [5.41, 5.74) is 7.16. The minimum atomic E-state index is 0.105. The molecule has 0 aliphatic rings. The summed E-state index contributed by atoms with van der Waals surface area (Å²) in [6.45, 7) is 3.43. The van der Waals surface area contributed by atoms with Gasteiger partial charge in [0.05, 0.1) is 0 Å². The van der Waals surface area contributed by atoms with E-state index in [-0.39, 0.29) is 5.84 Å². The zero-order valence-electron chi connectivity index (χ0n) is 10.5. The van der Waals surface area contributed by atoms with Gasteiger partial charge in [0.1, 0.15) is 12.4 Å². The first-order chi connectivity index (χ1) is 8.04. The van der Waals surface area contributed by atoms with E-state index in [1.165, 1.54) is 0 Å². The maximum atomic E-state index is 8.58. The van der Waals surface area contributed by atoms with Crippen molar-refractivity contribution in [2.45, 2.75) is 6.92 Å². The smallest absolute Gasteiger partial charge is 0.170 e. The van der Waals surface area contributed by atoms with Gasteiger partial charge in [-0.3, -0.25) is 0 Å². The maximum Gasteiger partial charge on any atom is 0.170 e. The van der Waals surface area contributed by atoms with Crippen LogP contribution in [0.2, 0.25) is 0 Å². The third-order valence-electron chi connectivity index (χ3n) is 2.37. The number of hydrogen-bond donors (Lipinski definition) is 2. The molecule has 1 aromatic carbocycles. The largest absolute Gasteiger partial charge is 0.492 e. The van der Waals surface area contributed by atoms with Crippen LogP contribution in [0.25, 0.3) is 0 Å². The number of ether oxygens (including phenoxy) is 1. The first kappa shape index (κ1) is 13.3. The minimum Gasteiger partial charge on any atom is -0.492 e. The van der Waals surface area contributed by atoms with Crippen LogP contribution in [0.1, 0.15) is 11.1 Å². The Morgan fingerprint density at radius 1 is 1.47 bits per heavy atom. The van der Waals surface area contributed by atoms with E-state index < -0.39 is 0 Å². The van der Waals surface area contributed by atoms with Crippen molar-refractivity contribution < 1.29 is 9.94 Å². The number of aryl methyl sites for hydroxylation is 1. The van der Waals surface area contributed by atoms with Crippen molar-refractivity contribution in [3.63, 3.8) is 0 Å². The van der Waals surface area contributed by atoms with E-state index in [1.54, 1.807) is 6.07 Å². The van der Waals surface area contributed by atoms with E-state index in [0.717, 1.165) is 17.9 Å². The van der Waals surface area contributed by atoms with Crippen molar-refractivity contribution in [3.8, 4) is 5.75 Å². The van der Waals surface area contributed by atoms with E-state index in [2.05, 4.69) is 10.1 Å². The summed E-state index contributed by atoms with van der Waals surface area (Å²) >= 11 is 0. The molecule has 0 fully saturated rings. The van der Waals surface area contributed by atoms with E-state index >= 15 is 0 Å². The highest BCUT2D eigenvalue weighted by Gasteiger charge is 2.04. The summed E-state index contributed by atoms with van der Waals surface area (Å²) in [5, 5.41) is 11.5. The van der Waals surface area contributed by atoms with Gasteiger partial charge < -0.3 is 20.6 Å². The molecule has 0 heterocycles. The molecule has 0 radical (unpaired) electrons. The molecule has 0 spiro atoms. The molecule has 5 heteroatoms. The topological polar surface area (TPSA) is 71.1 Å². The lowest BCUT2D eigenvalue weighted by atomic mass is 10.1. The molecule has 1 rings (SSSR count). The normalized spacial score (nSPS) is 11.9. The summed E-state index contributed by atoms with van der Waals surface area (Å²) in [4.78, 5) is 2.06. The summed E-state index contributed by atoms with van der Waals surface area (Å²) in [7, 11) is 4.00. The Balaban J connectivity index is 2.70. The van der Waals surface area contributed by atoms with Crippen molar-refractivity contribution in [1.82, 2.24) is 4.90 Å². The van der Waals surface area contributed by atoms with Crippen LogP contribution < -0.4 is 10.5 Å². The molecule has 17 heavy (non-hydrogen) atoms. The first-order valence-electron chi connectivity index (χ1n) is 5.40. The van der Waals surface area contributed by atoms with Crippen molar-refractivity contribution in [2.24, 2.45) is 10.9 Å². The zero-order chi connectivity index (χ0) is 12.8. The third-order valence-corrected chi connectivity index (χ3v) is 2.37. The van der Waals surface area contributed by atoms with Crippen LogP contribution >= 0.6 is 0 Å². The molecule has 0 aromatic heterocycles. The molecule has 0 aliphatic heterocycles. The van der Waals surface area contributed by atoms with Gasteiger partial charge in [0, 0.05) is 12.1 Å². The Morgan fingerprint density at radius 3 is 2.71 bits per heavy atom. The lowest BCUT2D eigenvalue weighted by molar-refractivity contribution is 0.260. The fourth-order valence-corrected chi connectivity index (χ4v) is 1.37. The quantitative estimate of drug-likeness (QED) is 0.347. The van der Waals surface area contributed by atoms with Gasteiger partial charge in [-0.15, -0.1) is 0 Å². The number of amidine groups is 1. The molecular formula is C12H19N3O2. The predicted octanol–water partition coefficient (Wildman–Crippen LogP) is 1.03. The van der Waals surface area contributed by atoms with Crippen LogP contribution in [0.3, 0.4) is 0 Å². The molecule has 3 N–H and O–H groups in total. The molecule has 0 unspecified atom stereocenters. The molecule has 0 saturated heterocycles. The second-order valence-electron chi connectivity index (χ2n) is 4.12. The molecule has 0 saturated carbocycles. The average Bonchev–Trinajstić information content (AvgIpc) is 2.29. The first-order valence-corrected chi connectivity index (χ1v) is 5.40. The summed E-state index contributed by atoms with van der Waals surface area (Å²) in [6.07, 6.45) is 0. The van der Waals surface area contributed by atoms with Gasteiger partial charge in [-0.25, -0.2) is 0 Å². The second-order valence-corrected chi connectivity index (χ2v) is 4.12. The minimum absolute atomic E-state index is 0.105. The van der Waals surface area contributed by atoms with Gasteiger partial charge in [0.2, 0.25) is 0 Å². The number of benzene rings is 1. The summed E-state index contributed by atoms with van der Waals surface area (Å²) < 4.78 is 5.63. The van der Waals surface area contributed by atoms with Crippen LogP contribution in [-0.4, -0.2) is 43.2 Å². The van der Waals surface area contributed by atoms with Crippen LogP contribution in [-0.2, 0) is 0 Å². The number of hydrogen-bond acceptors (Lipinski definition) is 4. The van der Waals surface area contributed by atoms with E-state index in [0.29, 0.717) is 12.2 Å². The van der Waals surface area contributed by atoms with Crippen LogP contribution in [0, 0.1) is 6.92 Å². The maximum absolute atomic E-state index is 8.58. The zero-order valence-corrected chi connectivity index (χ0v) is 10.5. The second kappa shape index (κ2) is 6.10. The van der Waals surface area contributed by atoms with E-state index in [9.17, 15) is 0 Å². The molecule has 0 aliphatic carbocycles. The highest BCUT2D eigenvalue weighted by Crippen LogP contribution is 2.18. The third kappa shape index (κ3) is 3.96. The van der Waals surface area contributed by atoms with Gasteiger partial charge in [0.25, 0.3) is 0 Å². The van der Waals surface area contributed by atoms with Crippen LogP contribution in [0.5, 0.6) is 5.75 Å². The molecular weight excluding hydrogens is 218 g/mol.